The van der Waals surface area contributed by atoms with Gasteiger partial charge >= 0.3 is 0 Å². The minimum Gasteiger partial charge on any atom is -0.339 e. The van der Waals surface area contributed by atoms with Crippen molar-refractivity contribution in [1.82, 2.24) is 15.1 Å². The number of hydrogen-bond acceptors (Lipinski definition) is 5. The maximum Gasteiger partial charge on any atom is 0.227 e. The molecular weight excluding hydrogens is 230 g/mol. The molecule has 18 heavy (non-hydrogen) atoms. The van der Waals surface area contributed by atoms with Crippen molar-refractivity contribution < 1.29 is 9.32 Å². The predicted molar refractivity (Wildman–Crippen MR) is 65.9 cm³/mol. The molecule has 0 aliphatic carbocycles. The Hall–Kier alpha value is -2.04. The summed E-state index contributed by atoms with van der Waals surface area (Å²) in [5.74, 6) is 1.18. The Labute approximate surface area is 105 Å². The number of rotatable bonds is 5. The molecule has 2 heterocycles. The molecule has 0 radical (unpaired) electrons. The molecule has 2 aromatic rings. The molecule has 0 unspecified atom stereocenters. The highest BCUT2D eigenvalue weighted by Gasteiger charge is 2.12. The van der Waals surface area contributed by atoms with Gasteiger partial charge in [0.05, 0.1) is 0 Å². The first-order valence-corrected chi connectivity index (χ1v) is 5.96. The fraction of sp³-hybridized carbons (Fsp3) is 0.385. The van der Waals surface area contributed by atoms with E-state index >= 15 is 0 Å². The van der Waals surface area contributed by atoms with Gasteiger partial charge in [0.1, 0.15) is 5.78 Å². The molecule has 0 N–H and O–H groups in total. The van der Waals surface area contributed by atoms with Gasteiger partial charge in [0, 0.05) is 30.8 Å². The van der Waals surface area contributed by atoms with Crippen LogP contribution < -0.4 is 0 Å². The Balaban J connectivity index is 2.21. The zero-order valence-electron chi connectivity index (χ0n) is 10.5. The lowest BCUT2D eigenvalue weighted by atomic mass is 10.1. The van der Waals surface area contributed by atoms with E-state index < -0.39 is 0 Å². The highest BCUT2D eigenvalue weighted by atomic mass is 16.5. The molecule has 0 aromatic carbocycles. The summed E-state index contributed by atoms with van der Waals surface area (Å²) in [5, 5.41) is 3.95. The first kappa shape index (κ1) is 12.4. The monoisotopic (exact) mass is 245 g/mol. The van der Waals surface area contributed by atoms with Gasteiger partial charge in [-0.15, -0.1) is 0 Å². The molecule has 0 aliphatic heterocycles. The maximum atomic E-state index is 10.9. The molecule has 94 valence electrons. The van der Waals surface area contributed by atoms with Gasteiger partial charge in [0.2, 0.25) is 11.7 Å². The molecule has 0 bridgehead atoms. The Morgan fingerprint density at radius 3 is 3.00 bits per heavy atom. The Kier molecular flexibility index (Phi) is 3.82. The van der Waals surface area contributed by atoms with Gasteiger partial charge in [0.15, 0.2) is 0 Å². The van der Waals surface area contributed by atoms with Crippen molar-refractivity contribution in [2.24, 2.45) is 0 Å². The third-order valence-corrected chi connectivity index (χ3v) is 2.68. The second kappa shape index (κ2) is 5.53. The molecule has 0 saturated carbocycles. The Bertz CT molecular complexity index is 549. The summed E-state index contributed by atoms with van der Waals surface area (Å²) < 4.78 is 5.14. The predicted octanol–water partition coefficient (Wildman–Crippen LogP) is 2.22. The van der Waals surface area contributed by atoms with E-state index in [2.05, 4.69) is 22.0 Å². The number of carbonyl (C=O) groups is 1. The van der Waals surface area contributed by atoms with Gasteiger partial charge in [0.25, 0.3) is 0 Å². The molecule has 0 saturated heterocycles. The summed E-state index contributed by atoms with van der Waals surface area (Å²) in [6, 6.07) is 1.87. The van der Waals surface area contributed by atoms with Crippen molar-refractivity contribution in [3.63, 3.8) is 0 Å². The fourth-order valence-electron chi connectivity index (χ4n) is 1.68. The summed E-state index contributed by atoms with van der Waals surface area (Å²) in [6.07, 6.45) is 5.30. The van der Waals surface area contributed by atoms with E-state index in [1.807, 2.05) is 6.07 Å². The third kappa shape index (κ3) is 2.80. The van der Waals surface area contributed by atoms with Crippen LogP contribution in [0.1, 0.15) is 31.7 Å². The van der Waals surface area contributed by atoms with Gasteiger partial charge in [-0.25, -0.2) is 0 Å². The number of Topliss-reactive ketones (excluding diaryl/α,β-unsaturated/α-hetero) is 1. The van der Waals surface area contributed by atoms with Crippen LogP contribution in [0.4, 0.5) is 0 Å². The fourth-order valence-corrected chi connectivity index (χ4v) is 1.68. The molecular formula is C13H15N3O2. The van der Waals surface area contributed by atoms with Gasteiger partial charge in [-0.3, -0.25) is 4.98 Å². The van der Waals surface area contributed by atoms with Crippen LogP contribution in [-0.4, -0.2) is 20.9 Å². The molecule has 0 amide bonds. The van der Waals surface area contributed by atoms with Crippen molar-refractivity contribution >= 4 is 5.78 Å². The van der Waals surface area contributed by atoms with Crippen molar-refractivity contribution in [1.29, 1.82) is 0 Å². The van der Waals surface area contributed by atoms with Crippen molar-refractivity contribution in [3.8, 4) is 11.4 Å². The number of aryl methyl sites for hydroxylation is 2. The summed E-state index contributed by atoms with van der Waals surface area (Å²) in [6.45, 7) is 3.60. The van der Waals surface area contributed by atoms with Crippen LogP contribution in [0.3, 0.4) is 0 Å². The van der Waals surface area contributed by atoms with Crippen molar-refractivity contribution in [2.45, 2.75) is 33.1 Å². The molecule has 0 atom stereocenters. The van der Waals surface area contributed by atoms with E-state index in [9.17, 15) is 4.79 Å². The van der Waals surface area contributed by atoms with Crippen LogP contribution in [0.15, 0.2) is 23.0 Å². The lowest BCUT2D eigenvalue weighted by Gasteiger charge is -2.00. The normalized spacial score (nSPS) is 10.6. The van der Waals surface area contributed by atoms with E-state index in [4.69, 9.17) is 4.52 Å². The average molecular weight is 245 g/mol. The number of pyridine rings is 1. The topological polar surface area (TPSA) is 68.9 Å². The Morgan fingerprint density at radius 2 is 2.28 bits per heavy atom. The molecule has 5 nitrogen and oxygen atoms in total. The number of nitrogens with zero attached hydrogens (tertiary/aromatic N) is 3. The summed E-state index contributed by atoms with van der Waals surface area (Å²) in [4.78, 5) is 19.3. The second-order valence-electron chi connectivity index (χ2n) is 4.10. The zero-order chi connectivity index (χ0) is 13.0. The second-order valence-corrected chi connectivity index (χ2v) is 4.10. The number of aromatic nitrogens is 3. The van der Waals surface area contributed by atoms with Gasteiger partial charge in [-0.1, -0.05) is 12.1 Å². The highest BCUT2D eigenvalue weighted by Crippen LogP contribution is 2.20. The summed E-state index contributed by atoms with van der Waals surface area (Å²) >= 11 is 0. The van der Waals surface area contributed by atoms with Gasteiger partial charge < -0.3 is 9.32 Å². The van der Waals surface area contributed by atoms with E-state index in [0.717, 1.165) is 17.5 Å². The van der Waals surface area contributed by atoms with Crippen LogP contribution in [0, 0.1) is 0 Å². The van der Waals surface area contributed by atoms with Crippen molar-refractivity contribution in [2.75, 3.05) is 0 Å². The molecule has 2 rings (SSSR count). The third-order valence-electron chi connectivity index (χ3n) is 2.68. The van der Waals surface area contributed by atoms with Crippen molar-refractivity contribution in [3.05, 3.63) is 29.9 Å². The smallest absolute Gasteiger partial charge is 0.227 e. The van der Waals surface area contributed by atoms with Crippen LogP contribution in [0.5, 0.6) is 0 Å². The zero-order valence-corrected chi connectivity index (χ0v) is 10.5. The molecule has 0 spiro atoms. The van der Waals surface area contributed by atoms with Gasteiger partial charge in [-0.05, 0) is 25.0 Å². The average Bonchev–Trinajstić information content (AvgIpc) is 2.85. The SMILES string of the molecule is CCc1cnccc1-c1noc(CCC(C)=O)n1. The van der Waals surface area contributed by atoms with E-state index in [0.29, 0.717) is 24.6 Å². The number of carbonyl (C=O) groups excluding carboxylic acids is 1. The molecule has 0 aliphatic rings. The maximum absolute atomic E-state index is 10.9. The van der Waals surface area contributed by atoms with Crippen LogP contribution in [0.2, 0.25) is 0 Å². The quantitative estimate of drug-likeness (QED) is 0.807. The Morgan fingerprint density at radius 1 is 1.44 bits per heavy atom. The van der Waals surface area contributed by atoms with E-state index in [1.165, 1.54) is 0 Å². The number of ketones is 1. The summed E-state index contributed by atoms with van der Waals surface area (Å²) in [7, 11) is 0. The van der Waals surface area contributed by atoms with Crippen LogP contribution >= 0.6 is 0 Å². The van der Waals surface area contributed by atoms with Gasteiger partial charge in [-0.2, -0.15) is 4.98 Å². The lowest BCUT2D eigenvalue weighted by Crippen LogP contribution is -1.94. The molecule has 0 fully saturated rings. The molecule has 5 heteroatoms. The first-order chi connectivity index (χ1) is 8.70. The first-order valence-electron chi connectivity index (χ1n) is 5.96. The van der Waals surface area contributed by atoms with Crippen LogP contribution in [-0.2, 0) is 17.6 Å². The standard InChI is InChI=1S/C13H15N3O2/c1-3-10-8-14-7-6-11(10)13-15-12(18-16-13)5-4-9(2)17/h6-8H,3-5H2,1-2H3. The highest BCUT2D eigenvalue weighted by molar-refractivity contribution is 5.75. The van der Waals surface area contributed by atoms with Crippen LogP contribution in [0.25, 0.3) is 11.4 Å². The van der Waals surface area contributed by atoms with E-state index in [1.54, 1.807) is 19.3 Å². The minimum atomic E-state index is 0.118. The lowest BCUT2D eigenvalue weighted by molar-refractivity contribution is -0.117. The molecule has 2 aromatic heterocycles. The van der Waals surface area contributed by atoms with E-state index in [-0.39, 0.29) is 5.78 Å². The number of hydrogen-bond donors (Lipinski definition) is 0. The summed E-state index contributed by atoms with van der Waals surface area (Å²) in [5.41, 5.74) is 2.02. The minimum absolute atomic E-state index is 0.118. The largest absolute Gasteiger partial charge is 0.339 e.